The number of hydrogen-bond donors (Lipinski definition) is 1. The molecule has 3 heteroatoms. The van der Waals surface area contributed by atoms with Gasteiger partial charge in [-0.15, -0.1) is 0 Å². The molecule has 1 aromatic carbocycles. The second-order valence-corrected chi connectivity index (χ2v) is 4.75. The molecule has 100 valence electrons. The minimum atomic E-state index is 0.189. The molecule has 1 N–H and O–H groups in total. The second kappa shape index (κ2) is 7.88. The third-order valence-electron chi connectivity index (χ3n) is 3.13. The highest BCUT2D eigenvalue weighted by Gasteiger charge is 2.09. The lowest BCUT2D eigenvalue weighted by molar-refractivity contribution is -0.130. The molecule has 1 atom stereocenters. The molecule has 18 heavy (non-hydrogen) atoms. The Hall–Kier alpha value is -1.35. The van der Waals surface area contributed by atoms with Crippen LogP contribution in [0.1, 0.15) is 32.3 Å². The lowest BCUT2D eigenvalue weighted by atomic mass is 10.2. The fourth-order valence-electron chi connectivity index (χ4n) is 1.71. The van der Waals surface area contributed by atoms with E-state index in [1.807, 2.05) is 37.4 Å². The number of hydrogen-bond acceptors (Lipinski definition) is 2. The molecule has 0 radical (unpaired) electrons. The van der Waals surface area contributed by atoms with E-state index in [0.29, 0.717) is 19.0 Å². The van der Waals surface area contributed by atoms with Gasteiger partial charge in [0.15, 0.2) is 0 Å². The van der Waals surface area contributed by atoms with Gasteiger partial charge < -0.3 is 10.2 Å². The van der Waals surface area contributed by atoms with E-state index in [4.69, 9.17) is 0 Å². The summed E-state index contributed by atoms with van der Waals surface area (Å²) in [6.45, 7) is 5.72. The average molecular weight is 248 g/mol. The molecular weight excluding hydrogens is 224 g/mol. The van der Waals surface area contributed by atoms with Crippen molar-refractivity contribution in [3.05, 3.63) is 35.9 Å². The van der Waals surface area contributed by atoms with Crippen LogP contribution in [0.3, 0.4) is 0 Å². The summed E-state index contributed by atoms with van der Waals surface area (Å²) in [6.07, 6.45) is 1.65. The molecule has 1 amide bonds. The van der Waals surface area contributed by atoms with Crippen LogP contribution in [-0.4, -0.2) is 30.4 Å². The van der Waals surface area contributed by atoms with Crippen molar-refractivity contribution >= 4 is 5.91 Å². The highest BCUT2D eigenvalue weighted by molar-refractivity contribution is 5.76. The molecule has 0 spiro atoms. The molecule has 0 saturated heterocycles. The Labute approximate surface area is 110 Å². The Kier molecular flexibility index (Phi) is 6.44. The average Bonchev–Trinajstić information content (AvgIpc) is 2.39. The second-order valence-electron chi connectivity index (χ2n) is 4.75. The van der Waals surface area contributed by atoms with Gasteiger partial charge in [0.25, 0.3) is 0 Å². The van der Waals surface area contributed by atoms with Crippen molar-refractivity contribution in [2.45, 2.75) is 39.3 Å². The van der Waals surface area contributed by atoms with E-state index < -0.39 is 0 Å². The Balaban J connectivity index is 2.29. The van der Waals surface area contributed by atoms with Gasteiger partial charge in [-0.2, -0.15) is 0 Å². The zero-order valence-corrected chi connectivity index (χ0v) is 11.6. The molecule has 0 heterocycles. The van der Waals surface area contributed by atoms with Crippen molar-refractivity contribution < 1.29 is 4.79 Å². The maximum atomic E-state index is 11.9. The SMILES string of the molecule is CCC(C)NCCC(=O)N(C)Cc1ccccc1. The molecule has 0 aliphatic heterocycles. The van der Waals surface area contributed by atoms with Crippen LogP contribution < -0.4 is 5.32 Å². The predicted octanol–water partition coefficient (Wildman–Crippen LogP) is 2.42. The molecule has 1 rings (SSSR count). The summed E-state index contributed by atoms with van der Waals surface area (Å²) in [5.41, 5.74) is 1.17. The van der Waals surface area contributed by atoms with E-state index in [-0.39, 0.29) is 5.91 Å². The molecule has 0 aromatic heterocycles. The van der Waals surface area contributed by atoms with Crippen LogP contribution in [0.2, 0.25) is 0 Å². The smallest absolute Gasteiger partial charge is 0.223 e. The highest BCUT2D eigenvalue weighted by Crippen LogP contribution is 2.03. The van der Waals surface area contributed by atoms with Crippen molar-refractivity contribution in [1.29, 1.82) is 0 Å². The Morgan fingerprint density at radius 1 is 1.33 bits per heavy atom. The number of amides is 1. The molecular formula is C15H24N2O. The molecule has 1 unspecified atom stereocenters. The minimum absolute atomic E-state index is 0.189. The summed E-state index contributed by atoms with van der Waals surface area (Å²) in [6, 6.07) is 10.6. The Bertz CT molecular complexity index is 351. The quantitative estimate of drug-likeness (QED) is 0.803. The maximum absolute atomic E-state index is 11.9. The van der Waals surface area contributed by atoms with E-state index in [0.717, 1.165) is 13.0 Å². The molecule has 0 saturated carbocycles. The van der Waals surface area contributed by atoms with Crippen LogP contribution >= 0.6 is 0 Å². The van der Waals surface area contributed by atoms with Crippen LogP contribution in [0.5, 0.6) is 0 Å². The molecule has 1 aromatic rings. The van der Waals surface area contributed by atoms with E-state index in [1.54, 1.807) is 4.90 Å². The van der Waals surface area contributed by atoms with Crippen LogP contribution in [0, 0.1) is 0 Å². The first-order valence-corrected chi connectivity index (χ1v) is 6.64. The van der Waals surface area contributed by atoms with Gasteiger partial charge in [-0.1, -0.05) is 37.3 Å². The van der Waals surface area contributed by atoms with E-state index >= 15 is 0 Å². The lowest BCUT2D eigenvalue weighted by Gasteiger charge is -2.18. The van der Waals surface area contributed by atoms with Gasteiger partial charge >= 0.3 is 0 Å². The first kappa shape index (κ1) is 14.7. The van der Waals surface area contributed by atoms with Crippen LogP contribution in [0.15, 0.2) is 30.3 Å². The third-order valence-corrected chi connectivity index (χ3v) is 3.13. The summed E-state index contributed by atoms with van der Waals surface area (Å²) in [5, 5.41) is 3.33. The van der Waals surface area contributed by atoms with Gasteiger partial charge in [-0.05, 0) is 18.9 Å². The standard InChI is InChI=1S/C15H24N2O/c1-4-13(2)16-11-10-15(18)17(3)12-14-8-6-5-7-9-14/h5-9,13,16H,4,10-12H2,1-3H3. The topological polar surface area (TPSA) is 32.3 Å². The van der Waals surface area contributed by atoms with Crippen molar-refractivity contribution in [2.24, 2.45) is 0 Å². The summed E-state index contributed by atoms with van der Waals surface area (Å²) in [5.74, 6) is 0.189. The maximum Gasteiger partial charge on any atom is 0.223 e. The number of carbonyl (C=O) groups excluding carboxylic acids is 1. The lowest BCUT2D eigenvalue weighted by Crippen LogP contribution is -2.32. The number of rotatable bonds is 7. The molecule has 0 bridgehead atoms. The van der Waals surface area contributed by atoms with Crippen molar-refractivity contribution in [1.82, 2.24) is 10.2 Å². The molecule has 3 nitrogen and oxygen atoms in total. The number of carbonyl (C=O) groups is 1. The van der Waals surface area contributed by atoms with Gasteiger partial charge in [0.1, 0.15) is 0 Å². The van der Waals surface area contributed by atoms with Crippen molar-refractivity contribution in [3.63, 3.8) is 0 Å². The van der Waals surface area contributed by atoms with E-state index in [2.05, 4.69) is 19.2 Å². The molecule has 0 fully saturated rings. The van der Waals surface area contributed by atoms with Crippen LogP contribution in [0.4, 0.5) is 0 Å². The van der Waals surface area contributed by atoms with Gasteiger partial charge in [-0.3, -0.25) is 4.79 Å². The monoisotopic (exact) mass is 248 g/mol. The summed E-state index contributed by atoms with van der Waals surface area (Å²) in [7, 11) is 1.86. The minimum Gasteiger partial charge on any atom is -0.341 e. The summed E-state index contributed by atoms with van der Waals surface area (Å²) in [4.78, 5) is 13.7. The van der Waals surface area contributed by atoms with Gasteiger partial charge in [-0.25, -0.2) is 0 Å². The number of benzene rings is 1. The fraction of sp³-hybridized carbons (Fsp3) is 0.533. The zero-order chi connectivity index (χ0) is 13.4. The zero-order valence-electron chi connectivity index (χ0n) is 11.6. The van der Waals surface area contributed by atoms with E-state index in [9.17, 15) is 4.79 Å². The normalized spacial score (nSPS) is 12.2. The Morgan fingerprint density at radius 3 is 2.61 bits per heavy atom. The van der Waals surface area contributed by atoms with Gasteiger partial charge in [0, 0.05) is 32.6 Å². The van der Waals surface area contributed by atoms with Crippen LogP contribution in [-0.2, 0) is 11.3 Å². The highest BCUT2D eigenvalue weighted by atomic mass is 16.2. The predicted molar refractivity (Wildman–Crippen MR) is 75.3 cm³/mol. The summed E-state index contributed by atoms with van der Waals surface area (Å²) >= 11 is 0. The molecule has 0 aliphatic carbocycles. The van der Waals surface area contributed by atoms with Gasteiger partial charge in [0.05, 0.1) is 0 Å². The first-order valence-electron chi connectivity index (χ1n) is 6.64. The number of nitrogens with one attached hydrogen (secondary N) is 1. The largest absolute Gasteiger partial charge is 0.341 e. The van der Waals surface area contributed by atoms with Gasteiger partial charge in [0.2, 0.25) is 5.91 Å². The van der Waals surface area contributed by atoms with Crippen LogP contribution in [0.25, 0.3) is 0 Å². The Morgan fingerprint density at radius 2 is 2.00 bits per heavy atom. The fourth-order valence-corrected chi connectivity index (χ4v) is 1.71. The van der Waals surface area contributed by atoms with Crippen molar-refractivity contribution in [2.75, 3.05) is 13.6 Å². The van der Waals surface area contributed by atoms with Crippen molar-refractivity contribution in [3.8, 4) is 0 Å². The third kappa shape index (κ3) is 5.32. The molecule has 0 aliphatic rings. The number of nitrogens with zero attached hydrogens (tertiary/aromatic N) is 1. The summed E-state index contributed by atoms with van der Waals surface area (Å²) < 4.78 is 0. The van der Waals surface area contributed by atoms with E-state index in [1.165, 1.54) is 5.56 Å². The first-order chi connectivity index (χ1) is 8.63.